The zero-order valence-corrected chi connectivity index (χ0v) is 12.1. The minimum absolute atomic E-state index is 0.0628. The summed E-state index contributed by atoms with van der Waals surface area (Å²) in [5, 5.41) is 9.06. The number of nitrogens with zero attached hydrogens (tertiary/aromatic N) is 2. The van der Waals surface area contributed by atoms with E-state index in [1.54, 1.807) is 11.9 Å². The van der Waals surface area contributed by atoms with Gasteiger partial charge in [0, 0.05) is 19.3 Å². The average Bonchev–Trinajstić information content (AvgIpc) is 2.70. The van der Waals surface area contributed by atoms with E-state index in [1.165, 1.54) is 16.7 Å². The molecule has 0 aromatic heterocycles. The molecule has 0 radical (unpaired) electrons. The fourth-order valence-electron chi connectivity index (χ4n) is 2.02. The van der Waals surface area contributed by atoms with Gasteiger partial charge in [0.25, 0.3) is 0 Å². The van der Waals surface area contributed by atoms with Crippen molar-refractivity contribution in [2.24, 2.45) is 0 Å². The molecule has 1 aliphatic rings. The molecule has 0 aromatic rings. The van der Waals surface area contributed by atoms with E-state index in [0.717, 1.165) is 19.3 Å². The van der Waals surface area contributed by atoms with Crippen molar-refractivity contribution in [1.29, 1.82) is 0 Å². The van der Waals surface area contributed by atoms with E-state index < -0.39 is 12.0 Å². The van der Waals surface area contributed by atoms with Crippen LogP contribution in [0.2, 0.25) is 0 Å². The number of aliphatic carboxylic acids is 1. The molecule has 0 aliphatic carbocycles. The van der Waals surface area contributed by atoms with Crippen LogP contribution in [0.4, 0.5) is 4.79 Å². The molecule has 0 bridgehead atoms. The number of hydrogen-bond acceptors (Lipinski definition) is 3. The van der Waals surface area contributed by atoms with E-state index in [4.69, 9.17) is 5.11 Å². The van der Waals surface area contributed by atoms with Gasteiger partial charge in [-0.05, 0) is 13.3 Å². The third-order valence-electron chi connectivity index (χ3n) is 3.15. The lowest BCUT2D eigenvalue weighted by Crippen LogP contribution is -2.50. The molecule has 1 rings (SSSR count). The maximum Gasteiger partial charge on any atom is 0.327 e. The van der Waals surface area contributed by atoms with Crippen LogP contribution in [0.25, 0.3) is 0 Å². The van der Waals surface area contributed by atoms with Gasteiger partial charge in [-0.3, -0.25) is 4.90 Å². The summed E-state index contributed by atoms with van der Waals surface area (Å²) >= 11 is 1.51. The Balaban J connectivity index is 2.60. The number of carbonyl (C=O) groups is 2. The molecule has 0 aromatic carbocycles. The summed E-state index contributed by atoms with van der Waals surface area (Å²) in [5.41, 5.74) is 0. The predicted molar refractivity (Wildman–Crippen MR) is 72.7 cm³/mol. The summed E-state index contributed by atoms with van der Waals surface area (Å²) in [6, 6.07) is -0.859. The highest BCUT2D eigenvalue weighted by Gasteiger charge is 2.40. The first-order valence-electron chi connectivity index (χ1n) is 6.36. The van der Waals surface area contributed by atoms with E-state index in [1.807, 2.05) is 6.92 Å². The number of rotatable bonds is 5. The topological polar surface area (TPSA) is 60.9 Å². The van der Waals surface area contributed by atoms with Crippen LogP contribution >= 0.6 is 11.8 Å². The molecule has 0 saturated carbocycles. The molecule has 1 saturated heterocycles. The van der Waals surface area contributed by atoms with E-state index in [2.05, 4.69) is 6.92 Å². The summed E-state index contributed by atoms with van der Waals surface area (Å²) in [4.78, 5) is 26.5. The molecule has 1 aliphatic heterocycles. The number of urea groups is 1. The standard InChI is InChI=1S/C12H22N2O3S/c1-4-5-6-7-13(3)12(17)14-9(2)18-8-10(14)11(15)16/h9-10H,4-8H2,1-3H3,(H,15,16). The van der Waals surface area contributed by atoms with Crippen LogP contribution in [0.3, 0.4) is 0 Å². The Morgan fingerprint density at radius 3 is 2.67 bits per heavy atom. The van der Waals surface area contributed by atoms with Crippen molar-refractivity contribution in [3.63, 3.8) is 0 Å². The van der Waals surface area contributed by atoms with Crippen LogP contribution in [0, 0.1) is 0 Å². The first kappa shape index (κ1) is 15.1. The highest BCUT2D eigenvalue weighted by molar-refractivity contribution is 8.00. The predicted octanol–water partition coefficient (Wildman–Crippen LogP) is 2.08. The van der Waals surface area contributed by atoms with Gasteiger partial charge in [0.1, 0.15) is 6.04 Å². The highest BCUT2D eigenvalue weighted by atomic mass is 32.2. The number of unbranched alkanes of at least 4 members (excludes halogenated alkanes) is 2. The zero-order chi connectivity index (χ0) is 13.7. The largest absolute Gasteiger partial charge is 0.480 e. The molecule has 1 fully saturated rings. The minimum atomic E-state index is -0.915. The molecular weight excluding hydrogens is 252 g/mol. The second-order valence-corrected chi connectivity index (χ2v) is 5.95. The van der Waals surface area contributed by atoms with Gasteiger partial charge in [-0.2, -0.15) is 0 Å². The van der Waals surface area contributed by atoms with Crippen LogP contribution in [-0.4, -0.2) is 57.7 Å². The van der Waals surface area contributed by atoms with Gasteiger partial charge in [-0.15, -0.1) is 11.8 Å². The first-order valence-corrected chi connectivity index (χ1v) is 7.41. The number of carboxylic acid groups (broad SMARTS) is 1. The van der Waals surface area contributed by atoms with E-state index in [-0.39, 0.29) is 11.4 Å². The maximum atomic E-state index is 12.2. The Bertz CT molecular complexity index is 312. The molecule has 0 spiro atoms. The van der Waals surface area contributed by atoms with E-state index in [0.29, 0.717) is 12.3 Å². The van der Waals surface area contributed by atoms with Gasteiger partial charge < -0.3 is 10.0 Å². The molecule has 18 heavy (non-hydrogen) atoms. The SMILES string of the molecule is CCCCCN(C)C(=O)N1C(C)SCC1C(=O)O. The second-order valence-electron chi connectivity index (χ2n) is 4.61. The van der Waals surface area contributed by atoms with Crippen molar-refractivity contribution in [3.8, 4) is 0 Å². The van der Waals surface area contributed by atoms with Crippen molar-refractivity contribution in [2.45, 2.75) is 44.5 Å². The summed E-state index contributed by atoms with van der Waals surface area (Å²) < 4.78 is 0. The molecule has 2 unspecified atom stereocenters. The van der Waals surface area contributed by atoms with Crippen molar-refractivity contribution in [3.05, 3.63) is 0 Å². The number of thioether (sulfide) groups is 1. The van der Waals surface area contributed by atoms with Crippen molar-refractivity contribution >= 4 is 23.8 Å². The zero-order valence-electron chi connectivity index (χ0n) is 11.3. The van der Waals surface area contributed by atoms with Gasteiger partial charge in [-0.25, -0.2) is 9.59 Å². The molecule has 104 valence electrons. The van der Waals surface area contributed by atoms with Crippen molar-refractivity contribution < 1.29 is 14.7 Å². The molecular formula is C12H22N2O3S. The number of hydrogen-bond donors (Lipinski definition) is 1. The van der Waals surface area contributed by atoms with Crippen LogP contribution in [0.15, 0.2) is 0 Å². The Hall–Kier alpha value is -0.910. The molecule has 5 nitrogen and oxygen atoms in total. The van der Waals surface area contributed by atoms with Gasteiger partial charge in [0.05, 0.1) is 5.37 Å². The van der Waals surface area contributed by atoms with Crippen LogP contribution < -0.4 is 0 Å². The second kappa shape index (κ2) is 6.87. The third-order valence-corrected chi connectivity index (χ3v) is 4.37. The molecule has 2 amide bonds. The third kappa shape index (κ3) is 3.54. The maximum absolute atomic E-state index is 12.2. The van der Waals surface area contributed by atoms with Gasteiger partial charge >= 0.3 is 12.0 Å². The van der Waals surface area contributed by atoms with Crippen LogP contribution in [0.5, 0.6) is 0 Å². The Kier molecular flexibility index (Phi) is 5.78. The number of amides is 2. The molecule has 1 heterocycles. The average molecular weight is 274 g/mol. The lowest BCUT2D eigenvalue weighted by atomic mass is 10.2. The smallest absolute Gasteiger partial charge is 0.327 e. The highest BCUT2D eigenvalue weighted by Crippen LogP contribution is 2.29. The fraction of sp³-hybridized carbons (Fsp3) is 0.833. The summed E-state index contributed by atoms with van der Waals surface area (Å²) in [7, 11) is 1.74. The van der Waals surface area contributed by atoms with E-state index >= 15 is 0 Å². The van der Waals surface area contributed by atoms with Crippen molar-refractivity contribution in [2.75, 3.05) is 19.3 Å². The van der Waals surface area contributed by atoms with Gasteiger partial charge in [-0.1, -0.05) is 19.8 Å². The quantitative estimate of drug-likeness (QED) is 0.780. The number of carboxylic acids is 1. The van der Waals surface area contributed by atoms with Crippen LogP contribution in [0.1, 0.15) is 33.1 Å². The van der Waals surface area contributed by atoms with E-state index in [9.17, 15) is 9.59 Å². The summed E-state index contributed by atoms with van der Waals surface area (Å²) in [5.74, 6) is -0.437. The minimum Gasteiger partial charge on any atom is -0.480 e. The molecule has 6 heteroatoms. The fourth-order valence-corrected chi connectivity index (χ4v) is 3.18. The first-order chi connectivity index (χ1) is 8.49. The summed E-state index contributed by atoms with van der Waals surface area (Å²) in [6.07, 6.45) is 3.16. The van der Waals surface area contributed by atoms with Gasteiger partial charge in [0.2, 0.25) is 0 Å². The normalized spacial score (nSPS) is 23.2. The monoisotopic (exact) mass is 274 g/mol. The van der Waals surface area contributed by atoms with Crippen molar-refractivity contribution in [1.82, 2.24) is 9.80 Å². The Morgan fingerprint density at radius 1 is 1.44 bits per heavy atom. The lowest BCUT2D eigenvalue weighted by molar-refractivity contribution is -0.141. The van der Waals surface area contributed by atoms with Crippen LogP contribution in [-0.2, 0) is 4.79 Å². The molecule has 1 N–H and O–H groups in total. The summed E-state index contributed by atoms with van der Waals surface area (Å²) in [6.45, 7) is 4.68. The Labute approximate surface area is 113 Å². The lowest BCUT2D eigenvalue weighted by Gasteiger charge is -2.30. The molecule has 2 atom stereocenters. The Morgan fingerprint density at radius 2 is 2.11 bits per heavy atom. The van der Waals surface area contributed by atoms with Gasteiger partial charge in [0.15, 0.2) is 0 Å². The number of carbonyl (C=O) groups excluding carboxylic acids is 1.